The molecule has 0 aliphatic rings. The van der Waals surface area contributed by atoms with Crippen molar-refractivity contribution in [1.82, 2.24) is 15.6 Å². The van der Waals surface area contributed by atoms with Gasteiger partial charge in [0.15, 0.2) is 0 Å². The van der Waals surface area contributed by atoms with Gasteiger partial charge in [0, 0.05) is 5.02 Å². The number of hydrogen-bond acceptors (Lipinski definition) is 5. The number of nitrogens with one attached hydrogen (secondary N) is 3. The summed E-state index contributed by atoms with van der Waals surface area (Å²) >= 11 is 5.90. The third-order valence-corrected chi connectivity index (χ3v) is 5.68. The summed E-state index contributed by atoms with van der Waals surface area (Å²) in [4.78, 5) is 25.0. The van der Waals surface area contributed by atoms with E-state index < -0.39 is 27.9 Å². The molecule has 2 aromatic rings. The van der Waals surface area contributed by atoms with Crippen molar-refractivity contribution in [3.63, 3.8) is 0 Å². The van der Waals surface area contributed by atoms with Crippen LogP contribution in [0.2, 0.25) is 5.02 Å². The van der Waals surface area contributed by atoms with E-state index in [1.807, 2.05) is 0 Å². The van der Waals surface area contributed by atoms with Crippen molar-refractivity contribution in [2.45, 2.75) is 24.8 Å². The second-order valence-corrected chi connectivity index (χ2v) is 8.59. The smallest absolute Gasteiger partial charge is 0.273 e. The van der Waals surface area contributed by atoms with E-state index in [1.165, 1.54) is 31.4 Å². The number of carbonyl (C=O) groups excluding carboxylic acids is 2. The van der Waals surface area contributed by atoms with E-state index in [0.29, 0.717) is 5.02 Å². The monoisotopic (exact) mass is 439 g/mol. The number of carbonyl (C=O) groups is 2. The molecule has 0 heterocycles. The Bertz CT molecular complexity index is 981. The Hall–Kier alpha value is -2.62. The number of halogens is 1. The molecule has 29 heavy (non-hydrogen) atoms. The summed E-state index contributed by atoms with van der Waals surface area (Å²) in [6.07, 6.45) is 0. The van der Waals surface area contributed by atoms with Gasteiger partial charge < -0.3 is 4.74 Å². The molecule has 1 atom stereocenters. The minimum Gasteiger partial charge on any atom is -0.496 e. The third-order valence-electron chi connectivity index (χ3n) is 3.99. The van der Waals surface area contributed by atoms with Gasteiger partial charge in [0.05, 0.1) is 17.6 Å². The lowest BCUT2D eigenvalue weighted by Crippen LogP contribution is -2.54. The molecule has 10 heteroatoms. The van der Waals surface area contributed by atoms with Crippen LogP contribution in [0.1, 0.15) is 24.2 Å². The number of hydrazine groups is 1. The van der Waals surface area contributed by atoms with Crippen LogP contribution < -0.4 is 20.3 Å². The van der Waals surface area contributed by atoms with Gasteiger partial charge >= 0.3 is 0 Å². The second-order valence-electron chi connectivity index (χ2n) is 6.44. The minimum absolute atomic E-state index is 0.0335. The lowest BCUT2D eigenvalue weighted by Gasteiger charge is -2.22. The highest BCUT2D eigenvalue weighted by molar-refractivity contribution is 7.89. The Balaban J connectivity index is 2.11. The molecule has 3 N–H and O–H groups in total. The highest BCUT2D eigenvalue weighted by Gasteiger charge is 2.28. The fourth-order valence-electron chi connectivity index (χ4n) is 2.45. The molecule has 0 radical (unpaired) electrons. The molecule has 2 amide bonds. The van der Waals surface area contributed by atoms with Gasteiger partial charge in [-0.1, -0.05) is 43.6 Å². The van der Waals surface area contributed by atoms with Crippen LogP contribution in [0.5, 0.6) is 5.75 Å². The minimum atomic E-state index is -3.92. The summed E-state index contributed by atoms with van der Waals surface area (Å²) in [5, 5.41) is 0.318. The largest absolute Gasteiger partial charge is 0.496 e. The summed E-state index contributed by atoms with van der Waals surface area (Å²) in [5.41, 5.74) is 4.61. The van der Waals surface area contributed by atoms with Gasteiger partial charge in [-0.25, -0.2) is 8.42 Å². The van der Waals surface area contributed by atoms with E-state index in [1.54, 1.807) is 38.1 Å². The molecule has 0 aromatic heterocycles. The third kappa shape index (κ3) is 5.93. The van der Waals surface area contributed by atoms with Gasteiger partial charge in [-0.2, -0.15) is 4.72 Å². The molecule has 156 valence electrons. The molecule has 0 unspecified atom stereocenters. The SMILES string of the molecule is COc1ccc(Cl)cc1C(=O)NNC(=O)[C@@H](NS(=O)(=O)c1ccccc1)C(C)C. The van der Waals surface area contributed by atoms with Crippen molar-refractivity contribution in [2.75, 3.05) is 7.11 Å². The van der Waals surface area contributed by atoms with E-state index in [4.69, 9.17) is 16.3 Å². The van der Waals surface area contributed by atoms with Gasteiger partial charge in [0.1, 0.15) is 11.8 Å². The predicted molar refractivity (Wildman–Crippen MR) is 109 cm³/mol. The number of sulfonamides is 1. The molecule has 0 saturated carbocycles. The number of hydrogen-bond donors (Lipinski definition) is 3. The maximum absolute atomic E-state index is 12.5. The first-order valence-electron chi connectivity index (χ1n) is 8.67. The van der Waals surface area contributed by atoms with Crippen molar-refractivity contribution in [2.24, 2.45) is 5.92 Å². The molecule has 0 aliphatic carbocycles. The first-order chi connectivity index (χ1) is 13.7. The molecule has 0 bridgehead atoms. The summed E-state index contributed by atoms with van der Waals surface area (Å²) in [7, 11) is -2.52. The zero-order valence-electron chi connectivity index (χ0n) is 16.1. The van der Waals surface area contributed by atoms with Crippen molar-refractivity contribution in [1.29, 1.82) is 0 Å². The first-order valence-corrected chi connectivity index (χ1v) is 10.5. The number of amides is 2. The van der Waals surface area contributed by atoms with E-state index in [9.17, 15) is 18.0 Å². The van der Waals surface area contributed by atoms with Crippen molar-refractivity contribution in [3.8, 4) is 5.75 Å². The molecule has 2 aromatic carbocycles. The lowest BCUT2D eigenvalue weighted by molar-refractivity contribution is -0.124. The number of methoxy groups -OCH3 is 1. The number of ether oxygens (including phenoxy) is 1. The zero-order chi connectivity index (χ0) is 21.6. The fraction of sp³-hybridized carbons (Fsp3) is 0.263. The highest BCUT2D eigenvalue weighted by atomic mass is 35.5. The molecule has 0 aliphatic heterocycles. The quantitative estimate of drug-likeness (QED) is 0.572. The zero-order valence-corrected chi connectivity index (χ0v) is 17.7. The predicted octanol–water partition coefficient (Wildman–Crippen LogP) is 2.11. The van der Waals surface area contributed by atoms with Crippen LogP contribution in [0.15, 0.2) is 53.4 Å². The maximum atomic E-state index is 12.5. The topological polar surface area (TPSA) is 114 Å². The summed E-state index contributed by atoms with van der Waals surface area (Å²) in [6.45, 7) is 3.36. The van der Waals surface area contributed by atoms with Gasteiger partial charge in [0.25, 0.3) is 11.8 Å². The Morgan fingerprint density at radius 3 is 2.28 bits per heavy atom. The summed E-state index contributed by atoms with van der Waals surface area (Å²) in [5.74, 6) is -1.49. The van der Waals surface area contributed by atoms with E-state index >= 15 is 0 Å². The lowest BCUT2D eigenvalue weighted by atomic mass is 10.1. The molecule has 2 rings (SSSR count). The maximum Gasteiger partial charge on any atom is 0.273 e. The fourth-order valence-corrected chi connectivity index (χ4v) is 3.99. The second kappa shape index (κ2) is 9.73. The van der Waals surface area contributed by atoms with Gasteiger partial charge in [-0.3, -0.25) is 20.4 Å². The standard InChI is InChI=1S/C19H22ClN3O5S/c1-12(2)17(23-29(26,27)14-7-5-4-6-8-14)19(25)22-21-18(24)15-11-13(20)9-10-16(15)28-3/h4-12,17,23H,1-3H3,(H,21,24)(H,22,25)/t17-/m0/s1. The van der Waals surface area contributed by atoms with Crippen LogP contribution in [0.25, 0.3) is 0 Å². The Morgan fingerprint density at radius 2 is 1.69 bits per heavy atom. The normalized spacial score (nSPS) is 12.3. The van der Waals surface area contributed by atoms with Crippen LogP contribution >= 0.6 is 11.6 Å². The molecular formula is C19H22ClN3O5S. The van der Waals surface area contributed by atoms with E-state index in [-0.39, 0.29) is 22.1 Å². The van der Waals surface area contributed by atoms with Crippen LogP contribution in [-0.4, -0.2) is 33.4 Å². The number of benzene rings is 2. The van der Waals surface area contributed by atoms with Crippen LogP contribution in [0.4, 0.5) is 0 Å². The molecule has 8 nitrogen and oxygen atoms in total. The van der Waals surface area contributed by atoms with E-state index in [0.717, 1.165) is 0 Å². The Labute approximate surface area is 174 Å². The molecule has 0 spiro atoms. The van der Waals surface area contributed by atoms with Gasteiger partial charge in [-0.15, -0.1) is 0 Å². The van der Waals surface area contributed by atoms with Gasteiger partial charge in [0.2, 0.25) is 10.0 Å². The average molecular weight is 440 g/mol. The molecule has 0 fully saturated rings. The van der Waals surface area contributed by atoms with E-state index in [2.05, 4.69) is 15.6 Å². The van der Waals surface area contributed by atoms with Crippen molar-refractivity contribution < 1.29 is 22.7 Å². The molecule has 0 saturated heterocycles. The summed E-state index contributed by atoms with van der Waals surface area (Å²) < 4.78 is 32.5. The Morgan fingerprint density at radius 1 is 1.03 bits per heavy atom. The Kier molecular flexibility index (Phi) is 7.60. The first kappa shape index (κ1) is 22.7. The summed E-state index contributed by atoms with van der Waals surface area (Å²) in [6, 6.07) is 11.0. The van der Waals surface area contributed by atoms with Crippen LogP contribution in [0, 0.1) is 5.92 Å². The van der Waals surface area contributed by atoms with Crippen LogP contribution in [-0.2, 0) is 14.8 Å². The molecular weight excluding hydrogens is 418 g/mol. The van der Waals surface area contributed by atoms with Crippen molar-refractivity contribution >= 4 is 33.4 Å². The van der Waals surface area contributed by atoms with Crippen LogP contribution in [0.3, 0.4) is 0 Å². The average Bonchev–Trinajstić information content (AvgIpc) is 2.70. The number of rotatable bonds is 7. The van der Waals surface area contributed by atoms with Crippen molar-refractivity contribution in [3.05, 3.63) is 59.1 Å². The van der Waals surface area contributed by atoms with Gasteiger partial charge in [-0.05, 0) is 36.2 Å². The highest BCUT2D eigenvalue weighted by Crippen LogP contribution is 2.22.